The van der Waals surface area contributed by atoms with Gasteiger partial charge in [0.05, 0.1) is 45.6 Å². The van der Waals surface area contributed by atoms with Gasteiger partial charge in [0.25, 0.3) is 5.56 Å². The van der Waals surface area contributed by atoms with Crippen LogP contribution in [0.4, 0.5) is 5.95 Å². The first kappa shape index (κ1) is 46.8. The minimum absolute atomic E-state index is 0.0164. The third-order valence-corrected chi connectivity index (χ3v) is 16.6. The van der Waals surface area contributed by atoms with E-state index in [0.717, 1.165) is 16.7 Å². The molecule has 0 unspecified atom stereocenters. The zero-order valence-corrected chi connectivity index (χ0v) is 39.4. The molecule has 3 heterocycles. The van der Waals surface area contributed by atoms with Gasteiger partial charge in [-0.15, -0.1) is 0 Å². The van der Waals surface area contributed by atoms with Crippen molar-refractivity contribution in [3.05, 3.63) is 148 Å². The molecule has 65 heavy (non-hydrogen) atoms. The third-order valence-electron chi connectivity index (χ3n) is 12.1. The minimum atomic E-state index is -2.58. The van der Waals surface area contributed by atoms with Gasteiger partial charge in [-0.25, -0.2) is 14.8 Å². The molecular formula is C49H58N6O9Si. The second-order valence-corrected chi connectivity index (χ2v) is 22.4. The van der Waals surface area contributed by atoms with E-state index < -0.39 is 50.0 Å². The molecule has 1 N–H and O–H groups in total. The first-order chi connectivity index (χ1) is 31.1. The van der Waals surface area contributed by atoms with Crippen LogP contribution in [0.2, 0.25) is 18.1 Å². The second-order valence-electron chi connectivity index (χ2n) is 17.6. The molecule has 6 aromatic rings. The summed E-state index contributed by atoms with van der Waals surface area (Å²) in [5.74, 6) is 0.896. The number of ether oxygens (including phenoxy) is 5. The fourth-order valence-electron chi connectivity index (χ4n) is 7.56. The monoisotopic (exact) mass is 902 g/mol. The molecule has 0 saturated carbocycles. The van der Waals surface area contributed by atoms with E-state index in [2.05, 4.69) is 43.8 Å². The van der Waals surface area contributed by atoms with Crippen molar-refractivity contribution in [1.82, 2.24) is 24.0 Å². The maximum absolute atomic E-state index is 14.2. The Bertz CT molecular complexity index is 2580. The van der Waals surface area contributed by atoms with Crippen LogP contribution in [0.15, 0.2) is 125 Å². The second kappa shape index (κ2) is 19.5. The molecule has 4 aromatic carbocycles. The molecule has 0 aliphatic carbocycles. The van der Waals surface area contributed by atoms with Gasteiger partial charge in [0, 0.05) is 14.1 Å². The Balaban J connectivity index is 1.29. The number of imidazole rings is 1. The molecule has 1 aliphatic rings. The van der Waals surface area contributed by atoms with Crippen molar-refractivity contribution in [3.8, 4) is 11.5 Å². The van der Waals surface area contributed by atoms with Gasteiger partial charge in [-0.3, -0.25) is 13.9 Å². The average molecular weight is 903 g/mol. The van der Waals surface area contributed by atoms with Crippen LogP contribution in [-0.4, -0.2) is 110 Å². The van der Waals surface area contributed by atoms with Crippen LogP contribution in [0.1, 0.15) is 54.0 Å². The van der Waals surface area contributed by atoms with Gasteiger partial charge in [0.1, 0.15) is 42.0 Å². The zero-order valence-electron chi connectivity index (χ0n) is 38.4. The first-order valence-electron chi connectivity index (χ1n) is 21.5. The minimum Gasteiger partial charge on any atom is -0.497 e. The van der Waals surface area contributed by atoms with Crippen molar-refractivity contribution in [2.45, 2.75) is 75.6 Å². The summed E-state index contributed by atoms with van der Waals surface area (Å²) in [5, 5.41) is 12.2. The van der Waals surface area contributed by atoms with Crippen molar-refractivity contribution in [2.75, 3.05) is 41.5 Å². The van der Waals surface area contributed by atoms with E-state index in [4.69, 9.17) is 33.1 Å². The Morgan fingerprint density at radius 1 is 0.877 bits per heavy atom. The summed E-state index contributed by atoms with van der Waals surface area (Å²) < 4.78 is 40.7. The van der Waals surface area contributed by atoms with Crippen molar-refractivity contribution < 1.29 is 38.0 Å². The van der Waals surface area contributed by atoms with Gasteiger partial charge >= 0.3 is 5.97 Å². The highest BCUT2D eigenvalue weighted by atomic mass is 28.4. The Morgan fingerprint density at radius 3 is 2.00 bits per heavy atom. The van der Waals surface area contributed by atoms with E-state index >= 15 is 0 Å². The van der Waals surface area contributed by atoms with Crippen LogP contribution in [-0.2, 0) is 30.8 Å². The Labute approximate surface area is 380 Å². The van der Waals surface area contributed by atoms with Gasteiger partial charge in [-0.2, -0.15) is 4.98 Å². The number of aliphatic hydroxyl groups is 1. The molecule has 16 heteroatoms. The lowest BCUT2D eigenvalue weighted by Crippen LogP contribution is -2.50. The largest absolute Gasteiger partial charge is 0.497 e. The molecule has 342 valence electrons. The lowest BCUT2D eigenvalue weighted by molar-refractivity contribution is -0.0930. The number of benzene rings is 4. The van der Waals surface area contributed by atoms with E-state index in [1.165, 1.54) is 17.2 Å². The van der Waals surface area contributed by atoms with E-state index in [0.29, 0.717) is 17.1 Å². The maximum Gasteiger partial charge on any atom is 0.338 e. The quantitative estimate of drug-likeness (QED) is 0.0319. The molecule has 4 atom stereocenters. The summed E-state index contributed by atoms with van der Waals surface area (Å²) in [6.45, 7) is 10.4. The summed E-state index contributed by atoms with van der Waals surface area (Å²) >= 11 is 0. The van der Waals surface area contributed by atoms with Crippen LogP contribution in [0, 0.1) is 0 Å². The van der Waals surface area contributed by atoms with Crippen molar-refractivity contribution >= 4 is 37.7 Å². The van der Waals surface area contributed by atoms with E-state index in [1.807, 2.05) is 78.9 Å². The molecule has 0 amide bonds. The van der Waals surface area contributed by atoms with Crippen LogP contribution < -0.4 is 15.0 Å². The Morgan fingerprint density at radius 2 is 1.45 bits per heavy atom. The number of hydrogen-bond acceptors (Lipinski definition) is 12. The Hall–Kier alpha value is -6.17. The number of hydrogen-bond donors (Lipinski definition) is 1. The van der Waals surface area contributed by atoms with Crippen LogP contribution >= 0.6 is 0 Å². The molecule has 1 aliphatic heterocycles. The summed E-state index contributed by atoms with van der Waals surface area (Å²) in [7, 11) is 4.26. The summed E-state index contributed by atoms with van der Waals surface area (Å²) in [6.07, 6.45) is -1.10. The molecular weight excluding hydrogens is 845 g/mol. The van der Waals surface area contributed by atoms with E-state index in [1.54, 1.807) is 68.1 Å². The molecule has 0 radical (unpaired) electrons. The van der Waals surface area contributed by atoms with E-state index in [-0.39, 0.29) is 41.9 Å². The summed E-state index contributed by atoms with van der Waals surface area (Å²) in [6, 6.07) is 34.0. The van der Waals surface area contributed by atoms with Crippen molar-refractivity contribution in [1.29, 1.82) is 0 Å². The maximum atomic E-state index is 14.2. The number of carbonyl (C=O) groups is 1. The predicted octanol–water partition coefficient (Wildman–Crippen LogP) is 7.35. The summed E-state index contributed by atoms with van der Waals surface area (Å²) in [5.41, 5.74) is 1.36. The number of methoxy groups -OCH3 is 2. The fraction of sp³-hybridized carbons (Fsp3) is 0.367. The standard InChI is InChI=1S/C49H58N6O9Si/c1-48(2,3)65(8,9)64-42-39(30-62-49(34-18-14-11-15-19-34,35-20-24-37(59-6)25-21-35)36-22-26-38(60-7)27-23-36)63-45(41(42)56)55-32-50-40-43(55)52-47(51-31-53(4)5)54(44(40)57)28-29-61-46(58)33-16-12-10-13-17-33/h10-27,31-32,39,41-42,45,56H,28-30H2,1-9H3/t39-,41-,42-,45-/m1/s1. The topological polar surface area (TPSA) is 161 Å². The molecule has 15 nitrogen and oxygen atoms in total. The van der Waals surface area contributed by atoms with Crippen molar-refractivity contribution in [3.63, 3.8) is 0 Å². The van der Waals surface area contributed by atoms with Crippen LogP contribution in [0.25, 0.3) is 11.2 Å². The Kier molecular flexibility index (Phi) is 14.1. The molecule has 0 spiro atoms. The van der Waals surface area contributed by atoms with Crippen LogP contribution in [0.5, 0.6) is 11.5 Å². The molecule has 1 fully saturated rings. The number of carbonyl (C=O) groups excluding carboxylic acids is 1. The molecule has 1 saturated heterocycles. The smallest absolute Gasteiger partial charge is 0.338 e. The first-order valence-corrected chi connectivity index (χ1v) is 24.4. The highest BCUT2D eigenvalue weighted by molar-refractivity contribution is 6.74. The van der Waals surface area contributed by atoms with Gasteiger partial charge in [0.2, 0.25) is 5.95 Å². The number of aliphatic imine (C=N–C) groups is 1. The number of aliphatic hydroxyl groups excluding tert-OH is 1. The lowest BCUT2D eigenvalue weighted by Gasteiger charge is -2.41. The number of rotatable bonds is 17. The zero-order chi connectivity index (χ0) is 46.5. The van der Waals surface area contributed by atoms with E-state index in [9.17, 15) is 14.7 Å². The number of nitrogens with zero attached hydrogens (tertiary/aromatic N) is 6. The third kappa shape index (κ3) is 9.77. The number of fused-ring (bicyclic) bond motifs is 1. The highest BCUT2D eigenvalue weighted by Crippen LogP contribution is 2.45. The average Bonchev–Trinajstić information content (AvgIpc) is 3.86. The molecule has 2 aromatic heterocycles. The van der Waals surface area contributed by atoms with Crippen LogP contribution in [0.3, 0.4) is 0 Å². The molecule has 0 bridgehead atoms. The van der Waals surface area contributed by atoms with Gasteiger partial charge in [-0.1, -0.05) is 93.6 Å². The molecule has 7 rings (SSSR count). The number of esters is 1. The van der Waals surface area contributed by atoms with Gasteiger partial charge in [0.15, 0.2) is 25.7 Å². The number of aromatic nitrogens is 4. The fourth-order valence-corrected chi connectivity index (χ4v) is 8.88. The SMILES string of the molecule is COc1ccc(C(OC[C@H]2O[C@@H](n3cnc4c(=O)n(CCOC(=O)c5ccccc5)c(N=CN(C)C)nc43)[C@H](O)[C@@H]2O[Si](C)(C)C(C)(C)C)(c2ccccc2)c2ccc(OC)cc2)cc1. The predicted molar refractivity (Wildman–Crippen MR) is 251 cm³/mol. The van der Waals surface area contributed by atoms with Gasteiger partial charge < -0.3 is 38.1 Å². The van der Waals surface area contributed by atoms with Gasteiger partial charge in [-0.05, 0) is 71.2 Å². The van der Waals surface area contributed by atoms with Crippen molar-refractivity contribution in [2.24, 2.45) is 4.99 Å². The summed E-state index contributed by atoms with van der Waals surface area (Å²) in [4.78, 5) is 42.5. The lowest BCUT2D eigenvalue weighted by atomic mass is 9.80. The normalized spacial score (nSPS) is 18.0. The highest BCUT2D eigenvalue weighted by Gasteiger charge is 2.52.